The molecule has 4 heteroatoms. The van der Waals surface area contributed by atoms with E-state index in [1.54, 1.807) is 14.0 Å². The molecule has 4 nitrogen and oxygen atoms in total. The van der Waals surface area contributed by atoms with E-state index in [0.29, 0.717) is 13.1 Å². The maximum Gasteiger partial charge on any atom is 0.307 e. The number of rotatable bonds is 6. The summed E-state index contributed by atoms with van der Waals surface area (Å²) in [6.45, 7) is 9.01. The van der Waals surface area contributed by atoms with Crippen LogP contribution in [-0.2, 0) is 11.3 Å². The average molecular weight is 265 g/mol. The van der Waals surface area contributed by atoms with Crippen LogP contribution in [0.4, 0.5) is 0 Å². The Morgan fingerprint density at radius 2 is 2.00 bits per heavy atom. The smallest absolute Gasteiger partial charge is 0.307 e. The van der Waals surface area contributed by atoms with Crippen LogP contribution in [0.25, 0.3) is 0 Å². The van der Waals surface area contributed by atoms with Crippen LogP contribution in [0.1, 0.15) is 29.2 Å². The van der Waals surface area contributed by atoms with Gasteiger partial charge in [-0.2, -0.15) is 0 Å². The molecule has 1 aromatic rings. The van der Waals surface area contributed by atoms with Gasteiger partial charge in [-0.1, -0.05) is 6.92 Å². The predicted octanol–water partition coefficient (Wildman–Crippen LogP) is 2.43. The second-order valence-corrected chi connectivity index (χ2v) is 4.99. The molecular formula is C15H23NO3. The Morgan fingerprint density at radius 1 is 1.37 bits per heavy atom. The highest BCUT2D eigenvalue weighted by atomic mass is 16.5. The molecule has 0 spiro atoms. The van der Waals surface area contributed by atoms with Crippen LogP contribution in [0.5, 0.6) is 5.75 Å². The molecule has 1 rings (SSSR count). The van der Waals surface area contributed by atoms with Gasteiger partial charge in [0.1, 0.15) is 5.75 Å². The second-order valence-electron chi connectivity index (χ2n) is 4.99. The number of hydrogen-bond acceptors (Lipinski definition) is 3. The number of nitrogens with one attached hydrogen (secondary N) is 1. The molecule has 0 radical (unpaired) electrons. The van der Waals surface area contributed by atoms with Crippen molar-refractivity contribution in [3.8, 4) is 5.75 Å². The van der Waals surface area contributed by atoms with E-state index in [1.165, 1.54) is 11.1 Å². The standard InChI is InChI=1S/C15H23NO3/c1-9-6-14(19-5)12(4)11(3)13(9)8-16-7-10(2)15(17)18/h6,10,16H,7-8H2,1-5H3,(H,17,18). The van der Waals surface area contributed by atoms with E-state index in [1.807, 2.05) is 19.9 Å². The van der Waals surface area contributed by atoms with Crippen LogP contribution in [0.2, 0.25) is 0 Å². The highest BCUT2D eigenvalue weighted by Gasteiger charge is 2.13. The van der Waals surface area contributed by atoms with Crippen molar-refractivity contribution in [3.05, 3.63) is 28.3 Å². The lowest BCUT2D eigenvalue weighted by Gasteiger charge is -2.17. The molecule has 0 aliphatic heterocycles. The van der Waals surface area contributed by atoms with E-state index in [0.717, 1.165) is 16.9 Å². The third-order valence-corrected chi connectivity index (χ3v) is 3.60. The fourth-order valence-electron chi connectivity index (χ4n) is 2.08. The Morgan fingerprint density at radius 3 is 2.53 bits per heavy atom. The monoisotopic (exact) mass is 265 g/mol. The van der Waals surface area contributed by atoms with Gasteiger partial charge in [-0.25, -0.2) is 0 Å². The second kappa shape index (κ2) is 6.57. The molecule has 1 atom stereocenters. The molecule has 0 fully saturated rings. The van der Waals surface area contributed by atoms with Crippen molar-refractivity contribution in [2.75, 3.05) is 13.7 Å². The molecule has 0 bridgehead atoms. The van der Waals surface area contributed by atoms with Gasteiger partial charge in [0.15, 0.2) is 0 Å². The van der Waals surface area contributed by atoms with Gasteiger partial charge in [0.25, 0.3) is 0 Å². The zero-order valence-corrected chi connectivity index (χ0v) is 12.3. The minimum absolute atomic E-state index is 0.375. The Hall–Kier alpha value is -1.55. The summed E-state index contributed by atoms with van der Waals surface area (Å²) in [5.41, 5.74) is 4.72. The lowest BCUT2D eigenvalue weighted by atomic mass is 9.97. The molecule has 0 saturated heterocycles. The van der Waals surface area contributed by atoms with E-state index in [-0.39, 0.29) is 5.92 Å². The number of aryl methyl sites for hydroxylation is 1. The fourth-order valence-corrected chi connectivity index (χ4v) is 2.08. The normalized spacial score (nSPS) is 12.3. The van der Waals surface area contributed by atoms with Crippen LogP contribution in [0.3, 0.4) is 0 Å². The summed E-state index contributed by atoms with van der Waals surface area (Å²) in [6.07, 6.45) is 0. The largest absolute Gasteiger partial charge is 0.496 e. The van der Waals surface area contributed by atoms with Crippen LogP contribution in [-0.4, -0.2) is 24.7 Å². The number of methoxy groups -OCH3 is 1. The number of carbonyl (C=O) groups is 1. The Balaban J connectivity index is 2.79. The number of aliphatic carboxylic acids is 1. The molecule has 106 valence electrons. The van der Waals surface area contributed by atoms with E-state index in [4.69, 9.17) is 9.84 Å². The van der Waals surface area contributed by atoms with Gasteiger partial charge in [-0.05, 0) is 49.1 Å². The van der Waals surface area contributed by atoms with Crippen LogP contribution in [0, 0.1) is 26.7 Å². The lowest BCUT2D eigenvalue weighted by molar-refractivity contribution is -0.140. The van der Waals surface area contributed by atoms with E-state index >= 15 is 0 Å². The van der Waals surface area contributed by atoms with Crippen molar-refractivity contribution < 1.29 is 14.6 Å². The first kappa shape index (κ1) is 15.5. The summed E-state index contributed by atoms with van der Waals surface area (Å²) >= 11 is 0. The van der Waals surface area contributed by atoms with Gasteiger partial charge >= 0.3 is 5.97 Å². The van der Waals surface area contributed by atoms with Crippen LogP contribution >= 0.6 is 0 Å². The molecule has 1 unspecified atom stereocenters. The third-order valence-electron chi connectivity index (χ3n) is 3.60. The molecule has 0 saturated carbocycles. The van der Waals surface area contributed by atoms with Crippen molar-refractivity contribution >= 4 is 5.97 Å². The maximum atomic E-state index is 10.8. The molecule has 0 aliphatic rings. The SMILES string of the molecule is COc1cc(C)c(CNCC(C)C(=O)O)c(C)c1C. The molecule has 0 aliphatic carbocycles. The summed E-state index contributed by atoms with van der Waals surface area (Å²) in [7, 11) is 1.67. The number of ether oxygens (including phenoxy) is 1. The van der Waals surface area contributed by atoms with Gasteiger partial charge in [0.2, 0.25) is 0 Å². The first-order valence-electron chi connectivity index (χ1n) is 6.45. The molecule has 19 heavy (non-hydrogen) atoms. The molecule has 0 amide bonds. The fraction of sp³-hybridized carbons (Fsp3) is 0.533. The van der Waals surface area contributed by atoms with Crippen molar-refractivity contribution in [2.45, 2.75) is 34.2 Å². The summed E-state index contributed by atoms with van der Waals surface area (Å²) in [5, 5.41) is 12.1. The van der Waals surface area contributed by atoms with Crippen molar-refractivity contribution in [1.29, 1.82) is 0 Å². The summed E-state index contributed by atoms with van der Waals surface area (Å²) < 4.78 is 5.34. The van der Waals surface area contributed by atoms with Gasteiger partial charge in [0, 0.05) is 13.1 Å². The highest BCUT2D eigenvalue weighted by Crippen LogP contribution is 2.27. The molecular weight excluding hydrogens is 242 g/mol. The first-order valence-corrected chi connectivity index (χ1v) is 6.45. The lowest BCUT2D eigenvalue weighted by Crippen LogP contribution is -2.26. The van der Waals surface area contributed by atoms with Gasteiger partial charge in [-0.15, -0.1) is 0 Å². The third kappa shape index (κ3) is 3.70. The van der Waals surface area contributed by atoms with Gasteiger partial charge < -0.3 is 15.2 Å². The first-order chi connectivity index (χ1) is 8.88. The average Bonchev–Trinajstić information content (AvgIpc) is 2.37. The quantitative estimate of drug-likeness (QED) is 0.829. The Kier molecular flexibility index (Phi) is 5.36. The van der Waals surface area contributed by atoms with E-state index in [9.17, 15) is 4.79 Å². The van der Waals surface area contributed by atoms with Crippen molar-refractivity contribution in [3.63, 3.8) is 0 Å². The predicted molar refractivity (Wildman–Crippen MR) is 75.7 cm³/mol. The Bertz CT molecular complexity index is 469. The minimum Gasteiger partial charge on any atom is -0.496 e. The Labute approximate surface area is 114 Å². The molecule has 0 heterocycles. The van der Waals surface area contributed by atoms with Crippen LogP contribution < -0.4 is 10.1 Å². The zero-order valence-electron chi connectivity index (χ0n) is 12.3. The molecule has 0 aromatic heterocycles. The van der Waals surface area contributed by atoms with Gasteiger partial charge in [0.05, 0.1) is 13.0 Å². The van der Waals surface area contributed by atoms with Crippen molar-refractivity contribution in [2.24, 2.45) is 5.92 Å². The number of carboxylic acid groups (broad SMARTS) is 1. The number of benzene rings is 1. The maximum absolute atomic E-state index is 10.8. The summed E-state index contributed by atoms with van der Waals surface area (Å²) in [4.78, 5) is 10.8. The summed E-state index contributed by atoms with van der Waals surface area (Å²) in [5.74, 6) is -0.246. The summed E-state index contributed by atoms with van der Waals surface area (Å²) in [6, 6.07) is 2.03. The number of hydrogen-bond donors (Lipinski definition) is 2. The van der Waals surface area contributed by atoms with E-state index in [2.05, 4.69) is 12.2 Å². The minimum atomic E-state index is -0.771. The zero-order chi connectivity index (χ0) is 14.6. The molecule has 2 N–H and O–H groups in total. The number of carboxylic acids is 1. The van der Waals surface area contributed by atoms with Crippen molar-refractivity contribution in [1.82, 2.24) is 5.32 Å². The highest BCUT2D eigenvalue weighted by molar-refractivity contribution is 5.69. The topological polar surface area (TPSA) is 58.6 Å². The van der Waals surface area contributed by atoms with Crippen LogP contribution in [0.15, 0.2) is 6.07 Å². The van der Waals surface area contributed by atoms with E-state index < -0.39 is 5.97 Å². The van der Waals surface area contributed by atoms with Gasteiger partial charge in [-0.3, -0.25) is 4.79 Å². The molecule has 1 aromatic carbocycles.